The van der Waals surface area contributed by atoms with Crippen LogP contribution in [0.5, 0.6) is 0 Å². The zero-order valence-corrected chi connectivity index (χ0v) is 9.25. The Bertz CT molecular complexity index is 304. The quantitative estimate of drug-likeness (QED) is 0.450. The van der Waals surface area contributed by atoms with Crippen molar-refractivity contribution in [2.24, 2.45) is 5.73 Å². The molecule has 0 aromatic heterocycles. The second kappa shape index (κ2) is 5.71. The van der Waals surface area contributed by atoms with Gasteiger partial charge in [-0.1, -0.05) is 0 Å². The van der Waals surface area contributed by atoms with Crippen LogP contribution in [0.2, 0.25) is 0 Å². The van der Waals surface area contributed by atoms with Crippen LogP contribution in [0.15, 0.2) is 0 Å². The second-order valence-corrected chi connectivity index (χ2v) is 4.37. The summed E-state index contributed by atoms with van der Waals surface area (Å²) in [6.45, 7) is 0. The van der Waals surface area contributed by atoms with Gasteiger partial charge in [0.2, 0.25) is 11.8 Å². The van der Waals surface area contributed by atoms with Crippen molar-refractivity contribution in [3.63, 3.8) is 0 Å². The maximum Gasteiger partial charge on any atom is 0.326 e. The fraction of sp³-hybridized carbons (Fsp3) is 0.625. The van der Waals surface area contributed by atoms with E-state index in [1.807, 2.05) is 0 Å². The van der Waals surface area contributed by atoms with Gasteiger partial charge in [-0.25, -0.2) is 4.79 Å². The fourth-order valence-electron chi connectivity index (χ4n) is 1.24. The minimum Gasteiger partial charge on any atom is -0.480 e. The number of primary amides is 1. The molecule has 0 radical (unpaired) electrons. The number of rotatable bonds is 5. The van der Waals surface area contributed by atoms with Crippen molar-refractivity contribution in [1.82, 2.24) is 10.6 Å². The van der Waals surface area contributed by atoms with Crippen LogP contribution in [0.25, 0.3) is 0 Å². The highest BCUT2D eigenvalue weighted by Crippen LogP contribution is 2.09. The van der Waals surface area contributed by atoms with Crippen molar-refractivity contribution in [3.05, 3.63) is 0 Å². The van der Waals surface area contributed by atoms with E-state index in [2.05, 4.69) is 10.6 Å². The van der Waals surface area contributed by atoms with Gasteiger partial charge >= 0.3 is 5.97 Å². The number of carboxylic acid groups (broad SMARTS) is 1. The van der Waals surface area contributed by atoms with Crippen molar-refractivity contribution in [2.75, 3.05) is 11.6 Å². The number of carbonyl (C=O) groups excluding carboxylic acids is 2. The molecule has 2 amide bonds. The molecule has 1 fully saturated rings. The van der Waals surface area contributed by atoms with Crippen molar-refractivity contribution in [2.45, 2.75) is 18.5 Å². The van der Waals surface area contributed by atoms with Crippen LogP contribution >= 0.6 is 11.8 Å². The van der Waals surface area contributed by atoms with Gasteiger partial charge in [0.1, 0.15) is 6.04 Å². The molecule has 1 aliphatic heterocycles. The normalized spacial score (nSPS) is 21.4. The molecule has 5 N–H and O–H groups in total. The number of nitrogens with two attached hydrogens (primary N) is 1. The van der Waals surface area contributed by atoms with E-state index in [1.165, 1.54) is 0 Å². The average Bonchev–Trinajstić information content (AvgIpc) is 2.68. The Morgan fingerprint density at radius 1 is 1.56 bits per heavy atom. The highest BCUT2D eigenvalue weighted by Gasteiger charge is 2.28. The van der Waals surface area contributed by atoms with Crippen LogP contribution in [-0.2, 0) is 14.4 Å². The zero-order chi connectivity index (χ0) is 12.1. The molecule has 0 aliphatic carbocycles. The summed E-state index contributed by atoms with van der Waals surface area (Å²) in [6, 6.07) is -1.66. The predicted molar refractivity (Wildman–Crippen MR) is 57.6 cm³/mol. The molecule has 90 valence electrons. The van der Waals surface area contributed by atoms with Gasteiger partial charge in [0.25, 0.3) is 0 Å². The number of carboxylic acids is 1. The summed E-state index contributed by atoms with van der Waals surface area (Å²) in [5.74, 6) is -1.20. The molecule has 0 spiro atoms. The average molecular weight is 247 g/mol. The molecule has 1 aliphatic rings. The monoisotopic (exact) mass is 247 g/mol. The summed E-state index contributed by atoms with van der Waals surface area (Å²) in [7, 11) is 0. The maximum absolute atomic E-state index is 11.5. The van der Waals surface area contributed by atoms with E-state index in [4.69, 9.17) is 10.8 Å². The summed E-state index contributed by atoms with van der Waals surface area (Å²) >= 11 is 1.55. The van der Waals surface area contributed by atoms with Crippen LogP contribution in [0.4, 0.5) is 0 Å². The minimum atomic E-state index is -1.27. The summed E-state index contributed by atoms with van der Waals surface area (Å²) in [6.07, 6.45) is -0.402. The topological polar surface area (TPSA) is 122 Å². The molecule has 8 heteroatoms. The third-order valence-electron chi connectivity index (χ3n) is 2.05. The van der Waals surface area contributed by atoms with Crippen LogP contribution in [-0.4, -0.2) is 46.6 Å². The first kappa shape index (κ1) is 12.8. The maximum atomic E-state index is 11.5. The van der Waals surface area contributed by atoms with Gasteiger partial charge < -0.3 is 16.2 Å². The number of amides is 2. The largest absolute Gasteiger partial charge is 0.480 e. The number of aliphatic carboxylic acids is 1. The molecule has 1 heterocycles. The molecule has 0 aromatic carbocycles. The highest BCUT2D eigenvalue weighted by molar-refractivity contribution is 7.99. The molecule has 0 aromatic rings. The second-order valence-electron chi connectivity index (χ2n) is 3.34. The Hall–Kier alpha value is -1.28. The van der Waals surface area contributed by atoms with Gasteiger partial charge in [-0.05, 0) is 0 Å². The van der Waals surface area contributed by atoms with E-state index in [1.54, 1.807) is 11.8 Å². The molecule has 0 saturated carbocycles. The third-order valence-corrected chi connectivity index (χ3v) is 2.99. The van der Waals surface area contributed by atoms with Crippen molar-refractivity contribution in [1.29, 1.82) is 0 Å². The van der Waals surface area contributed by atoms with Crippen LogP contribution in [0, 0.1) is 0 Å². The van der Waals surface area contributed by atoms with E-state index >= 15 is 0 Å². The number of nitrogens with one attached hydrogen (secondary N) is 2. The number of hydrogen-bond acceptors (Lipinski definition) is 5. The Balaban J connectivity index is 2.50. The Morgan fingerprint density at radius 2 is 2.25 bits per heavy atom. The molecular formula is C8H13N3O4S. The summed E-state index contributed by atoms with van der Waals surface area (Å²) < 4.78 is 0. The molecule has 2 atom stereocenters. The first-order chi connectivity index (χ1) is 7.50. The lowest BCUT2D eigenvalue weighted by atomic mass is 10.2. The van der Waals surface area contributed by atoms with Crippen LogP contribution < -0.4 is 16.4 Å². The van der Waals surface area contributed by atoms with Crippen molar-refractivity contribution >= 4 is 29.5 Å². The van der Waals surface area contributed by atoms with E-state index in [0.29, 0.717) is 11.6 Å². The smallest absolute Gasteiger partial charge is 0.326 e. The van der Waals surface area contributed by atoms with Crippen LogP contribution in [0.3, 0.4) is 0 Å². The predicted octanol–water partition coefficient (Wildman–Crippen LogP) is -1.91. The molecule has 1 unspecified atom stereocenters. The number of carbonyl (C=O) groups is 3. The van der Waals surface area contributed by atoms with Crippen molar-refractivity contribution < 1.29 is 19.5 Å². The summed E-state index contributed by atoms with van der Waals surface area (Å²) in [5, 5.41) is 13.9. The molecule has 1 saturated heterocycles. The number of hydrogen-bond donors (Lipinski definition) is 4. The lowest BCUT2D eigenvalue weighted by Gasteiger charge is -2.15. The van der Waals surface area contributed by atoms with E-state index in [-0.39, 0.29) is 0 Å². The van der Waals surface area contributed by atoms with Gasteiger partial charge in [-0.3, -0.25) is 14.9 Å². The first-order valence-electron chi connectivity index (χ1n) is 4.63. The Morgan fingerprint density at radius 3 is 2.69 bits per heavy atom. The molecule has 16 heavy (non-hydrogen) atoms. The Kier molecular flexibility index (Phi) is 4.56. The van der Waals surface area contributed by atoms with E-state index in [9.17, 15) is 14.4 Å². The Labute approximate surface area is 96.1 Å². The third kappa shape index (κ3) is 3.70. The van der Waals surface area contributed by atoms with Gasteiger partial charge in [0.15, 0.2) is 0 Å². The molecular weight excluding hydrogens is 234 g/mol. The SMILES string of the molecule is NC(=O)C[C@H](NC(=O)C1CSCN1)C(=O)O. The number of thioether (sulfide) groups is 1. The van der Waals surface area contributed by atoms with Crippen LogP contribution in [0.1, 0.15) is 6.42 Å². The lowest BCUT2D eigenvalue weighted by molar-refractivity contribution is -0.143. The first-order valence-corrected chi connectivity index (χ1v) is 5.79. The molecule has 1 rings (SSSR count). The van der Waals surface area contributed by atoms with Gasteiger partial charge in [-0.2, -0.15) is 0 Å². The lowest BCUT2D eigenvalue weighted by Crippen LogP contribution is -2.50. The van der Waals surface area contributed by atoms with E-state index in [0.717, 1.165) is 0 Å². The minimum absolute atomic E-state index is 0.402. The van der Waals surface area contributed by atoms with Gasteiger partial charge in [0.05, 0.1) is 12.5 Å². The molecule has 7 nitrogen and oxygen atoms in total. The summed E-state index contributed by atoms with van der Waals surface area (Å²) in [4.78, 5) is 32.9. The fourth-order valence-corrected chi connectivity index (χ4v) is 2.18. The zero-order valence-electron chi connectivity index (χ0n) is 8.43. The molecule has 0 bridgehead atoms. The van der Waals surface area contributed by atoms with Crippen molar-refractivity contribution in [3.8, 4) is 0 Å². The summed E-state index contributed by atoms with van der Waals surface area (Å²) in [5.41, 5.74) is 4.89. The van der Waals surface area contributed by atoms with E-state index < -0.39 is 36.3 Å². The van der Waals surface area contributed by atoms with Gasteiger partial charge in [-0.15, -0.1) is 11.8 Å². The highest BCUT2D eigenvalue weighted by atomic mass is 32.2. The standard InChI is InChI=1S/C8H13N3O4S/c9-6(12)1-4(8(14)15)11-7(13)5-2-16-3-10-5/h4-5,10H,1-3H2,(H2,9,12)(H,11,13)(H,14,15)/t4-,5?/m0/s1. The van der Waals surface area contributed by atoms with Gasteiger partial charge in [0, 0.05) is 11.6 Å².